The Balaban J connectivity index is 2.04. The van der Waals surface area contributed by atoms with Gasteiger partial charge >= 0.3 is 0 Å². The molecule has 0 spiro atoms. The zero-order chi connectivity index (χ0) is 14.1. The van der Waals surface area contributed by atoms with Gasteiger partial charge in [-0.15, -0.1) is 0 Å². The highest BCUT2D eigenvalue weighted by Gasteiger charge is 2.25. The van der Waals surface area contributed by atoms with E-state index in [9.17, 15) is 9.59 Å². The molecule has 0 unspecified atom stereocenters. The summed E-state index contributed by atoms with van der Waals surface area (Å²) >= 11 is 0. The molecule has 2 aromatic rings. The first-order valence-electron chi connectivity index (χ1n) is 6.08. The van der Waals surface area contributed by atoms with Crippen molar-refractivity contribution in [1.82, 2.24) is 9.97 Å². The van der Waals surface area contributed by atoms with Crippen LogP contribution in [0.25, 0.3) is 11.6 Å². The Morgan fingerprint density at radius 1 is 1.45 bits per heavy atom. The number of nitrogens with zero attached hydrogens (tertiary/aromatic N) is 1. The van der Waals surface area contributed by atoms with Crippen molar-refractivity contribution in [3.8, 4) is 0 Å². The van der Waals surface area contributed by atoms with Crippen LogP contribution in [0, 0.1) is 0 Å². The number of carbonyl (C=O) groups is 2. The van der Waals surface area contributed by atoms with Crippen LogP contribution in [-0.2, 0) is 9.59 Å². The van der Waals surface area contributed by atoms with Gasteiger partial charge in [0.25, 0.3) is 5.91 Å². The fourth-order valence-electron chi connectivity index (χ4n) is 2.07. The minimum atomic E-state index is -0.206. The maximum absolute atomic E-state index is 12.0. The van der Waals surface area contributed by atoms with Gasteiger partial charge in [0, 0.05) is 24.4 Å². The standard InChI is InChI=1S/C14H12N4O2/c1-8(19)17-10-6-11-12(5-9-3-2-4-15-9)14(20)18-13(11)16-7-10/h2-7,15H,1H3,(H,17,19)(H,16,18,20). The number of carbonyl (C=O) groups excluding carboxylic acids is 2. The van der Waals surface area contributed by atoms with Crippen molar-refractivity contribution in [2.24, 2.45) is 0 Å². The largest absolute Gasteiger partial charge is 0.362 e. The number of hydrogen-bond acceptors (Lipinski definition) is 3. The van der Waals surface area contributed by atoms with E-state index < -0.39 is 0 Å². The lowest BCUT2D eigenvalue weighted by atomic mass is 10.1. The van der Waals surface area contributed by atoms with Gasteiger partial charge in [0.1, 0.15) is 5.82 Å². The lowest BCUT2D eigenvalue weighted by molar-refractivity contribution is -0.114. The highest BCUT2D eigenvalue weighted by Crippen LogP contribution is 2.32. The van der Waals surface area contributed by atoms with E-state index in [-0.39, 0.29) is 11.8 Å². The number of H-pyrrole nitrogens is 1. The summed E-state index contributed by atoms with van der Waals surface area (Å²) in [5.74, 6) is 0.114. The van der Waals surface area contributed by atoms with E-state index in [0.29, 0.717) is 22.6 Å². The first kappa shape index (κ1) is 12.2. The molecule has 0 aromatic carbocycles. The fraction of sp³-hybridized carbons (Fsp3) is 0.0714. The quantitative estimate of drug-likeness (QED) is 0.726. The lowest BCUT2D eigenvalue weighted by Crippen LogP contribution is -2.06. The van der Waals surface area contributed by atoms with Crippen molar-refractivity contribution < 1.29 is 9.59 Å². The molecule has 6 heteroatoms. The molecule has 3 N–H and O–H groups in total. The lowest BCUT2D eigenvalue weighted by Gasteiger charge is -2.03. The number of fused-ring (bicyclic) bond motifs is 1. The van der Waals surface area contributed by atoms with Crippen molar-refractivity contribution in [3.63, 3.8) is 0 Å². The van der Waals surface area contributed by atoms with Crippen LogP contribution in [0.5, 0.6) is 0 Å². The van der Waals surface area contributed by atoms with Crippen LogP contribution >= 0.6 is 0 Å². The van der Waals surface area contributed by atoms with Crippen molar-refractivity contribution in [2.75, 3.05) is 10.6 Å². The summed E-state index contributed by atoms with van der Waals surface area (Å²) in [6.07, 6.45) is 5.05. The maximum atomic E-state index is 12.0. The summed E-state index contributed by atoms with van der Waals surface area (Å²) in [7, 11) is 0. The van der Waals surface area contributed by atoms with Crippen LogP contribution in [0.15, 0.2) is 30.6 Å². The highest BCUT2D eigenvalue weighted by molar-refractivity contribution is 6.34. The molecule has 0 saturated carbocycles. The molecule has 1 aliphatic rings. The van der Waals surface area contributed by atoms with E-state index in [1.165, 1.54) is 13.1 Å². The van der Waals surface area contributed by atoms with Crippen LogP contribution in [0.3, 0.4) is 0 Å². The molecule has 6 nitrogen and oxygen atoms in total. The SMILES string of the molecule is CC(=O)Nc1cnc2c(c1)C(=Cc1ccc[nH]1)C(=O)N2. The van der Waals surface area contributed by atoms with Crippen molar-refractivity contribution in [2.45, 2.75) is 6.92 Å². The van der Waals surface area contributed by atoms with Gasteiger partial charge < -0.3 is 15.6 Å². The summed E-state index contributed by atoms with van der Waals surface area (Å²) in [6, 6.07) is 5.45. The molecule has 2 aromatic heterocycles. The number of amides is 2. The van der Waals surface area contributed by atoms with Gasteiger partial charge in [-0.25, -0.2) is 4.98 Å². The molecule has 0 radical (unpaired) electrons. The van der Waals surface area contributed by atoms with Crippen LogP contribution < -0.4 is 10.6 Å². The average molecular weight is 268 g/mol. The van der Waals surface area contributed by atoms with Crippen molar-refractivity contribution >= 4 is 35.0 Å². The third-order valence-electron chi connectivity index (χ3n) is 2.90. The normalized spacial score (nSPS) is 15.1. The zero-order valence-corrected chi connectivity index (χ0v) is 10.7. The molecular weight excluding hydrogens is 256 g/mol. The number of aromatic nitrogens is 2. The topological polar surface area (TPSA) is 86.9 Å². The molecular formula is C14H12N4O2. The van der Waals surface area contributed by atoms with E-state index in [0.717, 1.165) is 5.69 Å². The first-order valence-corrected chi connectivity index (χ1v) is 6.08. The third kappa shape index (κ3) is 2.18. The van der Waals surface area contributed by atoms with Crippen LogP contribution in [0.1, 0.15) is 18.2 Å². The minimum absolute atomic E-state index is 0.182. The minimum Gasteiger partial charge on any atom is -0.362 e. The second-order valence-electron chi connectivity index (χ2n) is 4.44. The average Bonchev–Trinajstić information content (AvgIpc) is 2.99. The van der Waals surface area contributed by atoms with Crippen molar-refractivity contribution in [3.05, 3.63) is 41.9 Å². The van der Waals surface area contributed by atoms with E-state index in [4.69, 9.17) is 0 Å². The molecule has 3 rings (SSSR count). The summed E-state index contributed by atoms with van der Waals surface area (Å²) < 4.78 is 0. The molecule has 0 aliphatic carbocycles. The van der Waals surface area contributed by atoms with E-state index in [1.54, 1.807) is 18.3 Å². The number of rotatable bonds is 2. The molecule has 0 saturated heterocycles. The number of hydrogen-bond donors (Lipinski definition) is 3. The Hall–Kier alpha value is -2.89. The van der Waals surface area contributed by atoms with Gasteiger partial charge in [0.05, 0.1) is 17.5 Å². The van der Waals surface area contributed by atoms with Gasteiger partial charge in [0.2, 0.25) is 5.91 Å². The van der Waals surface area contributed by atoms with E-state index in [1.807, 2.05) is 12.1 Å². The molecule has 0 atom stereocenters. The smallest absolute Gasteiger partial charge is 0.257 e. The predicted octanol–water partition coefficient (Wildman–Crippen LogP) is 1.86. The highest BCUT2D eigenvalue weighted by atomic mass is 16.2. The maximum Gasteiger partial charge on any atom is 0.257 e. The van der Waals surface area contributed by atoms with Gasteiger partial charge in [-0.2, -0.15) is 0 Å². The number of anilines is 2. The Bertz CT molecular complexity index is 717. The molecule has 0 bridgehead atoms. The van der Waals surface area contributed by atoms with Gasteiger partial charge in [-0.05, 0) is 24.3 Å². The predicted molar refractivity (Wildman–Crippen MR) is 75.8 cm³/mol. The summed E-state index contributed by atoms with van der Waals surface area (Å²) in [5.41, 5.74) is 2.58. The third-order valence-corrected chi connectivity index (χ3v) is 2.90. The molecule has 1 aliphatic heterocycles. The molecule has 2 amide bonds. The summed E-state index contributed by atoms with van der Waals surface area (Å²) in [4.78, 5) is 30.2. The second-order valence-corrected chi connectivity index (χ2v) is 4.44. The molecule has 3 heterocycles. The Morgan fingerprint density at radius 3 is 3.00 bits per heavy atom. The Labute approximate surface area is 114 Å². The summed E-state index contributed by atoms with van der Waals surface area (Å²) in [5, 5.41) is 5.35. The van der Waals surface area contributed by atoms with Gasteiger partial charge in [-0.1, -0.05) is 0 Å². The van der Waals surface area contributed by atoms with Gasteiger partial charge in [-0.3, -0.25) is 9.59 Å². The fourth-order valence-corrected chi connectivity index (χ4v) is 2.07. The second kappa shape index (κ2) is 4.65. The van der Waals surface area contributed by atoms with Crippen molar-refractivity contribution in [1.29, 1.82) is 0 Å². The van der Waals surface area contributed by atoms with Crippen LogP contribution in [-0.4, -0.2) is 21.8 Å². The number of nitrogens with one attached hydrogen (secondary N) is 3. The monoisotopic (exact) mass is 268 g/mol. The number of pyridine rings is 1. The van der Waals surface area contributed by atoms with Gasteiger partial charge in [0.15, 0.2) is 0 Å². The molecule has 0 fully saturated rings. The Morgan fingerprint density at radius 2 is 2.30 bits per heavy atom. The summed E-state index contributed by atoms with van der Waals surface area (Å²) in [6.45, 7) is 1.42. The number of aromatic amines is 1. The Kier molecular flexibility index (Phi) is 2.83. The first-order chi connectivity index (χ1) is 9.63. The van der Waals surface area contributed by atoms with E-state index in [2.05, 4.69) is 20.6 Å². The molecule has 20 heavy (non-hydrogen) atoms. The molecule has 100 valence electrons. The van der Waals surface area contributed by atoms with E-state index >= 15 is 0 Å². The van der Waals surface area contributed by atoms with Crippen LogP contribution in [0.2, 0.25) is 0 Å². The zero-order valence-electron chi connectivity index (χ0n) is 10.7. The van der Waals surface area contributed by atoms with Crippen LogP contribution in [0.4, 0.5) is 11.5 Å².